The molecular weight excluding hydrogens is 244 g/mol. The summed E-state index contributed by atoms with van der Waals surface area (Å²) in [5.74, 6) is 1.52. The van der Waals surface area contributed by atoms with Crippen LogP contribution in [0.1, 0.15) is 0 Å². The summed E-state index contributed by atoms with van der Waals surface area (Å²) >= 11 is 0. The predicted molar refractivity (Wildman–Crippen MR) is 75.9 cm³/mol. The summed E-state index contributed by atoms with van der Waals surface area (Å²) in [7, 11) is 5.66. The zero-order valence-electron chi connectivity index (χ0n) is 11.9. The molecule has 1 unspecified atom stereocenters. The second-order valence-corrected chi connectivity index (χ2v) is 4.65. The fourth-order valence-electron chi connectivity index (χ4n) is 1.49. The summed E-state index contributed by atoms with van der Waals surface area (Å²) in [6, 6.07) is 7.31. The third-order valence-electron chi connectivity index (χ3n) is 2.62. The van der Waals surface area contributed by atoms with Crippen molar-refractivity contribution in [3.63, 3.8) is 0 Å². The van der Waals surface area contributed by atoms with Crippen LogP contribution in [0.3, 0.4) is 0 Å². The van der Waals surface area contributed by atoms with Gasteiger partial charge >= 0.3 is 0 Å². The first-order chi connectivity index (χ1) is 9.11. The summed E-state index contributed by atoms with van der Waals surface area (Å²) < 4.78 is 10.6. The molecule has 1 atom stereocenters. The van der Waals surface area contributed by atoms with E-state index in [9.17, 15) is 5.11 Å². The van der Waals surface area contributed by atoms with Gasteiger partial charge in [0.25, 0.3) is 0 Å². The largest absolute Gasteiger partial charge is 0.497 e. The number of benzene rings is 1. The van der Waals surface area contributed by atoms with Crippen LogP contribution < -0.4 is 14.8 Å². The van der Waals surface area contributed by atoms with Crippen LogP contribution in [-0.2, 0) is 0 Å². The molecule has 108 valence electrons. The molecule has 2 N–H and O–H groups in total. The fraction of sp³-hybridized carbons (Fsp3) is 0.571. The first-order valence-corrected chi connectivity index (χ1v) is 6.42. The van der Waals surface area contributed by atoms with Gasteiger partial charge in [-0.2, -0.15) is 0 Å². The van der Waals surface area contributed by atoms with Crippen LogP contribution in [0.5, 0.6) is 11.5 Å². The fourth-order valence-corrected chi connectivity index (χ4v) is 1.49. The van der Waals surface area contributed by atoms with Crippen molar-refractivity contribution in [3.05, 3.63) is 24.3 Å². The van der Waals surface area contributed by atoms with Gasteiger partial charge in [0.1, 0.15) is 24.2 Å². The molecule has 1 aromatic carbocycles. The van der Waals surface area contributed by atoms with Gasteiger partial charge in [-0.1, -0.05) is 0 Å². The van der Waals surface area contributed by atoms with E-state index < -0.39 is 6.10 Å². The highest BCUT2D eigenvalue weighted by Crippen LogP contribution is 2.16. The van der Waals surface area contributed by atoms with Gasteiger partial charge in [-0.15, -0.1) is 0 Å². The Morgan fingerprint density at radius 2 is 1.84 bits per heavy atom. The van der Waals surface area contributed by atoms with E-state index in [2.05, 4.69) is 10.2 Å². The van der Waals surface area contributed by atoms with Crippen LogP contribution in [0.25, 0.3) is 0 Å². The molecule has 5 nitrogen and oxygen atoms in total. The zero-order chi connectivity index (χ0) is 14.1. The average Bonchev–Trinajstić information content (AvgIpc) is 2.41. The van der Waals surface area contributed by atoms with Crippen molar-refractivity contribution >= 4 is 0 Å². The summed E-state index contributed by atoms with van der Waals surface area (Å²) in [5, 5.41) is 12.9. The van der Waals surface area contributed by atoms with Gasteiger partial charge in [0.05, 0.1) is 7.11 Å². The van der Waals surface area contributed by atoms with E-state index in [-0.39, 0.29) is 6.61 Å². The second-order valence-electron chi connectivity index (χ2n) is 4.65. The van der Waals surface area contributed by atoms with Crippen LogP contribution in [0, 0.1) is 0 Å². The van der Waals surface area contributed by atoms with Gasteiger partial charge in [0.2, 0.25) is 0 Å². The third-order valence-corrected chi connectivity index (χ3v) is 2.62. The van der Waals surface area contributed by atoms with E-state index in [1.54, 1.807) is 7.11 Å². The number of methoxy groups -OCH3 is 1. The molecule has 0 amide bonds. The van der Waals surface area contributed by atoms with Crippen molar-refractivity contribution in [2.24, 2.45) is 0 Å². The Bertz CT molecular complexity index is 341. The lowest BCUT2D eigenvalue weighted by Gasteiger charge is -2.15. The lowest BCUT2D eigenvalue weighted by atomic mass is 10.3. The summed E-state index contributed by atoms with van der Waals surface area (Å²) in [4.78, 5) is 2.09. The molecule has 0 saturated carbocycles. The first kappa shape index (κ1) is 15.8. The predicted octanol–water partition coefficient (Wildman–Crippen LogP) is 0.586. The Balaban J connectivity index is 2.16. The first-order valence-electron chi connectivity index (χ1n) is 6.42. The van der Waals surface area contributed by atoms with Crippen LogP contribution >= 0.6 is 0 Å². The number of nitrogens with one attached hydrogen (secondary N) is 1. The maximum atomic E-state index is 9.75. The maximum Gasteiger partial charge on any atom is 0.119 e. The quantitative estimate of drug-likeness (QED) is 0.642. The minimum atomic E-state index is -0.510. The van der Waals surface area contributed by atoms with Crippen LogP contribution in [0.2, 0.25) is 0 Å². The van der Waals surface area contributed by atoms with Crippen molar-refractivity contribution < 1.29 is 14.6 Å². The molecule has 0 spiro atoms. The van der Waals surface area contributed by atoms with Gasteiger partial charge in [-0.3, -0.25) is 0 Å². The van der Waals surface area contributed by atoms with E-state index in [1.807, 2.05) is 38.4 Å². The molecule has 0 heterocycles. The highest BCUT2D eigenvalue weighted by Gasteiger charge is 2.05. The van der Waals surface area contributed by atoms with Gasteiger partial charge < -0.3 is 24.8 Å². The second kappa shape index (κ2) is 8.74. The summed E-state index contributed by atoms with van der Waals surface area (Å²) in [6.07, 6.45) is -0.510. The molecule has 1 rings (SSSR count). The standard InChI is InChI=1S/C14H24N2O3/c1-16(2)9-8-15-10-12(17)11-19-14-6-4-13(18-3)5-7-14/h4-7,12,15,17H,8-11H2,1-3H3. The molecule has 0 aliphatic rings. The third kappa shape index (κ3) is 7.00. The minimum absolute atomic E-state index is 0.279. The molecule has 0 radical (unpaired) electrons. The normalized spacial score (nSPS) is 12.5. The number of aliphatic hydroxyl groups excluding tert-OH is 1. The highest BCUT2D eigenvalue weighted by molar-refractivity contribution is 5.31. The number of nitrogens with zero attached hydrogens (tertiary/aromatic N) is 1. The van der Waals surface area contributed by atoms with E-state index in [1.165, 1.54) is 0 Å². The molecule has 1 aromatic rings. The molecule has 0 fully saturated rings. The Morgan fingerprint density at radius 3 is 2.42 bits per heavy atom. The van der Waals surface area contributed by atoms with E-state index >= 15 is 0 Å². The molecule has 5 heteroatoms. The number of likely N-dealkylation sites (N-methyl/N-ethyl adjacent to an activating group) is 1. The van der Waals surface area contributed by atoms with E-state index in [0.717, 1.165) is 24.6 Å². The topological polar surface area (TPSA) is 54.0 Å². The lowest BCUT2D eigenvalue weighted by molar-refractivity contribution is 0.106. The average molecular weight is 268 g/mol. The Labute approximate surface area is 115 Å². The molecule has 0 aliphatic carbocycles. The molecule has 0 bridgehead atoms. The molecule has 0 aromatic heterocycles. The lowest BCUT2D eigenvalue weighted by Crippen LogP contribution is -2.35. The zero-order valence-corrected chi connectivity index (χ0v) is 11.9. The molecule has 19 heavy (non-hydrogen) atoms. The van der Waals surface area contributed by atoms with Crippen molar-refractivity contribution in [3.8, 4) is 11.5 Å². The van der Waals surface area contributed by atoms with E-state index in [4.69, 9.17) is 9.47 Å². The van der Waals surface area contributed by atoms with E-state index in [0.29, 0.717) is 6.54 Å². The number of hydrogen-bond donors (Lipinski definition) is 2. The van der Waals surface area contributed by atoms with Gasteiger partial charge in [-0.05, 0) is 38.4 Å². The molecule has 0 aliphatic heterocycles. The smallest absolute Gasteiger partial charge is 0.119 e. The van der Waals surface area contributed by atoms with Gasteiger partial charge in [-0.25, -0.2) is 0 Å². The SMILES string of the molecule is COc1ccc(OCC(O)CNCCN(C)C)cc1. The number of rotatable bonds is 9. The number of ether oxygens (including phenoxy) is 2. The minimum Gasteiger partial charge on any atom is -0.497 e. The van der Waals surface area contributed by atoms with Gasteiger partial charge in [0, 0.05) is 19.6 Å². The van der Waals surface area contributed by atoms with Crippen molar-refractivity contribution in [1.82, 2.24) is 10.2 Å². The van der Waals surface area contributed by atoms with Crippen molar-refractivity contribution in [2.75, 3.05) is 47.4 Å². The maximum absolute atomic E-state index is 9.75. The van der Waals surface area contributed by atoms with Crippen LogP contribution in [0.15, 0.2) is 24.3 Å². The number of hydrogen-bond acceptors (Lipinski definition) is 5. The van der Waals surface area contributed by atoms with Crippen LogP contribution in [-0.4, -0.2) is 63.6 Å². The summed E-state index contributed by atoms with van der Waals surface area (Å²) in [5.41, 5.74) is 0. The van der Waals surface area contributed by atoms with Gasteiger partial charge in [0.15, 0.2) is 0 Å². The Kier molecular flexibility index (Phi) is 7.25. The highest BCUT2D eigenvalue weighted by atomic mass is 16.5. The molecule has 0 saturated heterocycles. The van der Waals surface area contributed by atoms with Crippen molar-refractivity contribution in [1.29, 1.82) is 0 Å². The number of aliphatic hydroxyl groups is 1. The Hall–Kier alpha value is -1.30. The summed E-state index contributed by atoms with van der Waals surface area (Å²) in [6.45, 7) is 2.62. The molecular formula is C14H24N2O3. The van der Waals surface area contributed by atoms with Crippen LogP contribution in [0.4, 0.5) is 0 Å². The Morgan fingerprint density at radius 1 is 1.21 bits per heavy atom. The van der Waals surface area contributed by atoms with Crippen molar-refractivity contribution in [2.45, 2.75) is 6.10 Å². The monoisotopic (exact) mass is 268 g/mol.